The van der Waals surface area contributed by atoms with Crippen LogP contribution in [0.4, 0.5) is 0 Å². The molecule has 0 aromatic heterocycles. The molecular formula is C48H60Ge2O8. The van der Waals surface area contributed by atoms with Gasteiger partial charge in [-0.3, -0.25) is 0 Å². The minimum absolute atomic E-state index is 0.0137. The van der Waals surface area contributed by atoms with Gasteiger partial charge in [-0.15, -0.1) is 0 Å². The van der Waals surface area contributed by atoms with Gasteiger partial charge in [-0.25, -0.2) is 0 Å². The molecule has 0 saturated heterocycles. The molecule has 0 aliphatic carbocycles. The van der Waals surface area contributed by atoms with Crippen molar-refractivity contribution < 1.29 is 38.1 Å². The summed E-state index contributed by atoms with van der Waals surface area (Å²) >= 11 is -7.37. The van der Waals surface area contributed by atoms with E-state index >= 15 is 0 Å². The van der Waals surface area contributed by atoms with E-state index in [0.29, 0.717) is 92.7 Å². The molecule has 7 aliphatic rings. The van der Waals surface area contributed by atoms with E-state index in [1.807, 2.05) is 76.2 Å². The number of rotatable bonds is 4. The summed E-state index contributed by atoms with van der Waals surface area (Å²) in [4.78, 5) is 56.0. The van der Waals surface area contributed by atoms with Gasteiger partial charge < -0.3 is 0 Å². The van der Waals surface area contributed by atoms with E-state index in [2.05, 4.69) is 0 Å². The first kappa shape index (κ1) is 44.9. The van der Waals surface area contributed by atoms with Crippen LogP contribution in [0.1, 0.15) is 120 Å². The van der Waals surface area contributed by atoms with Crippen LogP contribution in [-0.2, 0) is 0 Å². The molecule has 0 saturated carbocycles. The van der Waals surface area contributed by atoms with E-state index in [4.69, 9.17) is 18.9 Å². The number of carbonyl (C=O) groups excluding carboxylic acids is 4. The van der Waals surface area contributed by atoms with Crippen LogP contribution < -0.4 is 18.9 Å². The van der Waals surface area contributed by atoms with Crippen molar-refractivity contribution in [3.63, 3.8) is 0 Å². The quantitative estimate of drug-likeness (QED) is 0.186. The summed E-state index contributed by atoms with van der Waals surface area (Å²) in [5.41, 5.74) is 2.32. The third kappa shape index (κ3) is 11.1. The maximum atomic E-state index is 14.0. The maximum absolute atomic E-state index is 14.0. The summed E-state index contributed by atoms with van der Waals surface area (Å²) in [6.07, 6.45) is 7.49. The van der Waals surface area contributed by atoms with Crippen LogP contribution in [0.3, 0.4) is 0 Å². The Labute approximate surface area is 350 Å². The van der Waals surface area contributed by atoms with Crippen LogP contribution in [-0.4, -0.2) is 71.4 Å². The third-order valence-corrected chi connectivity index (χ3v) is 31.6. The Bertz CT molecular complexity index is 1650. The van der Waals surface area contributed by atoms with Crippen LogP contribution in [0.5, 0.6) is 23.0 Å². The monoisotopic (exact) mass is 912 g/mol. The molecular weight excluding hydrogens is 850 g/mol. The molecule has 0 radical (unpaired) electrons. The van der Waals surface area contributed by atoms with Crippen LogP contribution in [0.2, 0.25) is 21.0 Å². The SMILES string of the molecule is C[CH2][Ge]1([CH2]C)[C](=O)c2ccc(cc2)OCCCCCCOc2ccc(cc2)[C](=O)[Ge]([CH2]C)([CH2]C)[C](=O)c2ccc(cc2)OCCCCCCOc2ccc(cc2)[C]1=O. The molecule has 0 atom stereocenters. The van der Waals surface area contributed by atoms with Crippen LogP contribution in [0.15, 0.2) is 97.1 Å². The van der Waals surface area contributed by atoms with Crippen molar-refractivity contribution in [2.75, 3.05) is 26.4 Å². The summed E-state index contributed by atoms with van der Waals surface area (Å²) in [6.45, 7) is 10.2. The summed E-state index contributed by atoms with van der Waals surface area (Å²) in [6, 6.07) is 29.1. The van der Waals surface area contributed by atoms with Gasteiger partial charge in [0.25, 0.3) is 0 Å². The van der Waals surface area contributed by atoms with Gasteiger partial charge in [0.15, 0.2) is 0 Å². The first-order valence-electron chi connectivity index (χ1n) is 21.3. The number of hydrogen-bond donors (Lipinski definition) is 0. The van der Waals surface area contributed by atoms with Crippen molar-refractivity contribution in [3.8, 4) is 23.0 Å². The Balaban J connectivity index is 1.24. The molecule has 58 heavy (non-hydrogen) atoms. The van der Waals surface area contributed by atoms with Gasteiger partial charge >= 0.3 is 352 Å². The molecule has 7 heterocycles. The molecule has 0 N–H and O–H groups in total. The molecule has 308 valence electrons. The van der Waals surface area contributed by atoms with Gasteiger partial charge in [-0.05, 0) is 0 Å². The summed E-state index contributed by atoms with van der Waals surface area (Å²) in [5.74, 6) is 2.83. The fraction of sp³-hybridized carbons (Fsp3) is 0.417. The predicted molar refractivity (Wildman–Crippen MR) is 235 cm³/mol. The number of carbonyl (C=O) groups is 4. The molecule has 0 fully saturated rings. The first-order chi connectivity index (χ1) is 28.2. The summed E-state index contributed by atoms with van der Waals surface area (Å²) in [7, 11) is 0. The fourth-order valence-corrected chi connectivity index (χ4v) is 22.2. The Kier molecular flexibility index (Phi) is 17.3. The molecule has 10 heteroatoms. The number of hydrogen-bond acceptors (Lipinski definition) is 8. The van der Waals surface area contributed by atoms with E-state index < -0.39 is 26.5 Å². The second-order valence-corrected chi connectivity index (χ2v) is 34.0. The van der Waals surface area contributed by atoms with Crippen LogP contribution in [0, 0.1) is 0 Å². The topological polar surface area (TPSA) is 105 Å². The van der Waals surface area contributed by atoms with Crippen molar-refractivity contribution in [1.82, 2.24) is 0 Å². The van der Waals surface area contributed by atoms with E-state index in [1.165, 1.54) is 0 Å². The molecule has 0 unspecified atom stereocenters. The van der Waals surface area contributed by atoms with Crippen molar-refractivity contribution >= 4 is 45.0 Å². The Morgan fingerprint density at radius 1 is 0.328 bits per heavy atom. The molecule has 4 aromatic rings. The number of benzene rings is 4. The zero-order chi connectivity index (χ0) is 41.4. The second kappa shape index (κ2) is 22.3. The molecule has 8 bridgehead atoms. The normalized spacial score (nSPS) is 17.7. The first-order valence-corrected chi connectivity index (χ1v) is 31.4. The van der Waals surface area contributed by atoms with E-state index in [1.54, 1.807) is 48.5 Å². The average molecular weight is 910 g/mol. The Hall–Kier alpha value is -4.15. The van der Waals surface area contributed by atoms with Crippen molar-refractivity contribution in [2.24, 2.45) is 0 Å². The van der Waals surface area contributed by atoms with Gasteiger partial charge in [0.2, 0.25) is 0 Å². The third-order valence-electron chi connectivity index (χ3n) is 11.8. The molecule has 11 rings (SSSR count). The van der Waals surface area contributed by atoms with Crippen molar-refractivity contribution in [2.45, 2.75) is 100 Å². The average Bonchev–Trinajstić information content (AvgIpc) is 3.27. The van der Waals surface area contributed by atoms with Crippen molar-refractivity contribution in [1.29, 1.82) is 0 Å². The zero-order valence-electron chi connectivity index (χ0n) is 34.8. The Morgan fingerprint density at radius 3 is 0.690 bits per heavy atom. The standard InChI is InChI=1S/C48H60Ge2O8/c1-5-49(6-2)45(51)37-17-25-41(26-18-37)55-33-13-9-11-15-35-57-43-29-21-39(22-30-43)47(53)50(7-3,8-4)48(54)40-23-31-44(32-24-40)58-36-16-12-10-14-34-56-42-27-19-38(20-28-42)46(49)52/h17-32H,5-16,33-36H2,1-4H3. The van der Waals surface area contributed by atoms with Gasteiger partial charge in [0, 0.05) is 0 Å². The van der Waals surface area contributed by atoms with Gasteiger partial charge in [-0.1, -0.05) is 0 Å². The molecule has 7 aliphatic heterocycles. The van der Waals surface area contributed by atoms with Crippen LogP contribution in [0.25, 0.3) is 0 Å². The Morgan fingerprint density at radius 2 is 0.517 bits per heavy atom. The van der Waals surface area contributed by atoms with E-state index in [9.17, 15) is 19.2 Å². The van der Waals surface area contributed by atoms with Crippen LogP contribution >= 0.6 is 0 Å². The van der Waals surface area contributed by atoms with Gasteiger partial charge in [-0.2, -0.15) is 0 Å². The van der Waals surface area contributed by atoms with Gasteiger partial charge in [0.05, 0.1) is 0 Å². The second-order valence-electron chi connectivity index (χ2n) is 15.2. The van der Waals surface area contributed by atoms with Crippen molar-refractivity contribution in [3.05, 3.63) is 119 Å². The van der Waals surface area contributed by atoms with E-state index in [0.717, 1.165) is 51.4 Å². The molecule has 0 amide bonds. The number of ether oxygens (including phenoxy) is 4. The molecule has 0 spiro atoms. The molecule has 4 aromatic carbocycles. The minimum atomic E-state index is -3.68. The van der Waals surface area contributed by atoms with E-state index in [-0.39, 0.29) is 18.5 Å². The fourth-order valence-electron chi connectivity index (χ4n) is 7.78. The predicted octanol–water partition coefficient (Wildman–Crippen LogP) is 11.3. The summed E-state index contributed by atoms with van der Waals surface area (Å²) in [5, 5.41) is 2.34. The molecule has 8 nitrogen and oxygen atoms in total. The van der Waals surface area contributed by atoms with Gasteiger partial charge in [0.1, 0.15) is 0 Å². The zero-order valence-corrected chi connectivity index (χ0v) is 39.0. The summed E-state index contributed by atoms with van der Waals surface area (Å²) < 4.78 is 24.0.